The molecule has 0 radical (unpaired) electrons. The summed E-state index contributed by atoms with van der Waals surface area (Å²) in [7, 11) is 0. The average molecular weight is 311 g/mol. The Hall–Kier alpha value is -1.10. The Bertz CT molecular complexity index is 499. The van der Waals surface area contributed by atoms with Crippen LogP contribution in [-0.4, -0.2) is 24.2 Å². The molecule has 1 aromatic rings. The Morgan fingerprint density at radius 2 is 2.05 bits per heavy atom. The van der Waals surface area contributed by atoms with Gasteiger partial charge in [0.1, 0.15) is 0 Å². The quantitative estimate of drug-likeness (QED) is 0.755. The number of amides is 1. The molecule has 1 aliphatic rings. The first kappa shape index (κ1) is 16.3. The summed E-state index contributed by atoms with van der Waals surface area (Å²) in [6.45, 7) is 1.64. The first-order valence-electron chi connectivity index (χ1n) is 7.46. The molecule has 4 N–H and O–H groups in total. The van der Waals surface area contributed by atoms with Crippen molar-refractivity contribution >= 4 is 17.5 Å². The van der Waals surface area contributed by atoms with Gasteiger partial charge in [-0.05, 0) is 30.5 Å². The number of carbonyl (C=O) groups is 1. The summed E-state index contributed by atoms with van der Waals surface area (Å²) in [5, 5.41) is 13.6. The van der Waals surface area contributed by atoms with E-state index in [-0.39, 0.29) is 12.0 Å². The van der Waals surface area contributed by atoms with Gasteiger partial charge in [0.05, 0.1) is 0 Å². The Kier molecular flexibility index (Phi) is 5.62. The predicted octanol–water partition coefficient (Wildman–Crippen LogP) is 2.47. The minimum absolute atomic E-state index is 0.0118. The summed E-state index contributed by atoms with van der Waals surface area (Å²) in [6.07, 6.45) is 5.80. The molecule has 0 aliphatic heterocycles. The Balaban J connectivity index is 1.92. The molecule has 5 heteroatoms. The van der Waals surface area contributed by atoms with Gasteiger partial charge in [-0.25, -0.2) is 0 Å². The molecule has 0 bridgehead atoms. The second-order valence-electron chi connectivity index (χ2n) is 5.99. The third kappa shape index (κ3) is 4.19. The Morgan fingerprint density at radius 3 is 2.62 bits per heavy atom. The molecule has 1 amide bonds. The fraction of sp³-hybridized carbons (Fsp3) is 0.562. The lowest BCUT2D eigenvalue weighted by Gasteiger charge is -2.35. The number of nitrogens with one attached hydrogen (secondary N) is 1. The molecule has 4 nitrogen and oxygen atoms in total. The van der Waals surface area contributed by atoms with Crippen molar-refractivity contribution in [3.63, 3.8) is 0 Å². The molecule has 0 saturated heterocycles. The maximum absolute atomic E-state index is 11.1. The van der Waals surface area contributed by atoms with Gasteiger partial charge in [-0.15, -0.1) is 0 Å². The van der Waals surface area contributed by atoms with Crippen molar-refractivity contribution in [2.24, 2.45) is 11.1 Å². The number of hydrogen-bond donors (Lipinski definition) is 3. The van der Waals surface area contributed by atoms with Crippen LogP contribution < -0.4 is 11.1 Å². The summed E-state index contributed by atoms with van der Waals surface area (Å²) in [5.41, 5.74) is 6.59. The molecule has 0 spiro atoms. The summed E-state index contributed by atoms with van der Waals surface area (Å²) in [4.78, 5) is 11.1. The monoisotopic (exact) mass is 310 g/mol. The lowest BCUT2D eigenvalue weighted by atomic mass is 9.74. The number of benzene rings is 1. The number of halogens is 1. The van der Waals surface area contributed by atoms with Crippen LogP contribution in [0, 0.1) is 5.41 Å². The summed E-state index contributed by atoms with van der Waals surface area (Å²) < 4.78 is 0. The normalized spacial score (nSPS) is 17.6. The van der Waals surface area contributed by atoms with Crippen molar-refractivity contribution < 1.29 is 9.90 Å². The van der Waals surface area contributed by atoms with Gasteiger partial charge in [0.15, 0.2) is 0 Å². The van der Waals surface area contributed by atoms with Crippen LogP contribution in [0.1, 0.15) is 48.0 Å². The minimum Gasteiger partial charge on any atom is -0.396 e. The maximum Gasteiger partial charge on any atom is 0.248 e. The molecule has 0 atom stereocenters. The molecule has 1 aromatic carbocycles. The lowest BCUT2D eigenvalue weighted by molar-refractivity contribution is 0.0810. The smallest absolute Gasteiger partial charge is 0.248 e. The Morgan fingerprint density at radius 1 is 1.33 bits per heavy atom. The summed E-state index contributed by atoms with van der Waals surface area (Å²) >= 11 is 6.17. The van der Waals surface area contributed by atoms with E-state index in [0.717, 1.165) is 24.9 Å². The van der Waals surface area contributed by atoms with Crippen LogP contribution in [0.25, 0.3) is 0 Å². The largest absolute Gasteiger partial charge is 0.396 e. The Labute approximate surface area is 130 Å². The number of aliphatic hydroxyl groups excluding tert-OH is 1. The number of rotatable bonds is 6. The highest BCUT2D eigenvalue weighted by molar-refractivity contribution is 6.31. The molecular weight excluding hydrogens is 288 g/mol. The predicted molar refractivity (Wildman–Crippen MR) is 84.3 cm³/mol. The zero-order chi connectivity index (χ0) is 15.3. The molecule has 1 saturated carbocycles. The van der Waals surface area contributed by atoms with E-state index in [1.165, 1.54) is 19.3 Å². The molecular formula is C16H23ClN2O2. The summed E-state index contributed by atoms with van der Waals surface area (Å²) in [6, 6.07) is 5.11. The van der Waals surface area contributed by atoms with Crippen molar-refractivity contribution in [2.75, 3.05) is 13.2 Å². The third-order valence-electron chi connectivity index (χ3n) is 4.40. The fourth-order valence-corrected chi connectivity index (χ4v) is 3.25. The van der Waals surface area contributed by atoms with Crippen molar-refractivity contribution in [1.29, 1.82) is 0 Å². The minimum atomic E-state index is -0.474. The third-order valence-corrected chi connectivity index (χ3v) is 4.75. The second-order valence-corrected chi connectivity index (χ2v) is 6.40. The van der Waals surface area contributed by atoms with E-state index in [1.54, 1.807) is 12.1 Å². The van der Waals surface area contributed by atoms with Gasteiger partial charge in [-0.1, -0.05) is 36.9 Å². The van der Waals surface area contributed by atoms with E-state index in [9.17, 15) is 9.90 Å². The van der Waals surface area contributed by atoms with Crippen molar-refractivity contribution in [1.82, 2.24) is 5.32 Å². The van der Waals surface area contributed by atoms with Gasteiger partial charge in [0.25, 0.3) is 0 Å². The van der Waals surface area contributed by atoms with Gasteiger partial charge in [-0.3, -0.25) is 4.79 Å². The topological polar surface area (TPSA) is 75.4 Å². The standard InChI is InChI=1S/C16H23ClN2O2/c17-14-8-12(15(18)21)4-5-13(14)9-19-10-16(11-20)6-2-1-3-7-16/h4-5,8,19-20H,1-3,6-7,9-11H2,(H2,18,21). The van der Waals surface area contributed by atoms with Gasteiger partial charge in [-0.2, -0.15) is 0 Å². The number of nitrogens with two attached hydrogens (primary N) is 1. The average Bonchev–Trinajstić information content (AvgIpc) is 2.49. The van der Waals surface area contributed by atoms with Crippen LogP contribution in [-0.2, 0) is 6.54 Å². The van der Waals surface area contributed by atoms with E-state index >= 15 is 0 Å². The van der Waals surface area contributed by atoms with E-state index in [2.05, 4.69) is 5.32 Å². The zero-order valence-corrected chi connectivity index (χ0v) is 13.0. The van der Waals surface area contributed by atoms with Crippen LogP contribution in [0.2, 0.25) is 5.02 Å². The number of hydrogen-bond acceptors (Lipinski definition) is 3. The van der Waals surface area contributed by atoms with Gasteiger partial charge < -0.3 is 16.2 Å². The molecule has 1 fully saturated rings. The highest BCUT2D eigenvalue weighted by Crippen LogP contribution is 2.35. The number of primary amides is 1. The number of aliphatic hydroxyl groups is 1. The van der Waals surface area contributed by atoms with Crippen molar-refractivity contribution in [3.8, 4) is 0 Å². The summed E-state index contributed by atoms with van der Waals surface area (Å²) in [5.74, 6) is -0.474. The number of carbonyl (C=O) groups excluding carboxylic acids is 1. The molecule has 0 unspecified atom stereocenters. The van der Waals surface area contributed by atoms with Crippen LogP contribution in [0.5, 0.6) is 0 Å². The first-order chi connectivity index (χ1) is 10.1. The zero-order valence-electron chi connectivity index (χ0n) is 12.2. The van der Waals surface area contributed by atoms with Crippen LogP contribution in [0.4, 0.5) is 0 Å². The van der Waals surface area contributed by atoms with Gasteiger partial charge >= 0.3 is 0 Å². The molecule has 1 aliphatic carbocycles. The maximum atomic E-state index is 11.1. The van der Waals surface area contributed by atoms with E-state index in [1.807, 2.05) is 6.07 Å². The lowest BCUT2D eigenvalue weighted by Crippen LogP contribution is -2.38. The molecule has 116 valence electrons. The molecule has 2 rings (SSSR count). The molecule has 0 heterocycles. The van der Waals surface area contributed by atoms with Crippen molar-refractivity contribution in [2.45, 2.75) is 38.6 Å². The van der Waals surface area contributed by atoms with Crippen LogP contribution in [0.15, 0.2) is 18.2 Å². The van der Waals surface area contributed by atoms with Gasteiger partial charge in [0.2, 0.25) is 5.91 Å². The van der Waals surface area contributed by atoms with Crippen LogP contribution in [0.3, 0.4) is 0 Å². The van der Waals surface area contributed by atoms with Crippen molar-refractivity contribution in [3.05, 3.63) is 34.3 Å². The van der Waals surface area contributed by atoms with E-state index < -0.39 is 5.91 Å². The fourth-order valence-electron chi connectivity index (χ4n) is 3.00. The van der Waals surface area contributed by atoms with Crippen LogP contribution >= 0.6 is 11.6 Å². The highest BCUT2D eigenvalue weighted by atomic mass is 35.5. The van der Waals surface area contributed by atoms with Gasteiger partial charge in [0, 0.05) is 35.7 Å². The second kappa shape index (κ2) is 7.25. The highest BCUT2D eigenvalue weighted by Gasteiger charge is 2.30. The molecule has 21 heavy (non-hydrogen) atoms. The molecule has 0 aromatic heterocycles. The van der Waals surface area contributed by atoms with E-state index in [4.69, 9.17) is 17.3 Å². The SMILES string of the molecule is NC(=O)c1ccc(CNCC2(CO)CCCCC2)c(Cl)c1. The first-order valence-corrected chi connectivity index (χ1v) is 7.84. The van der Waals surface area contributed by atoms with E-state index in [0.29, 0.717) is 17.1 Å².